The van der Waals surface area contributed by atoms with E-state index < -0.39 is 224 Å². The van der Waals surface area contributed by atoms with Crippen molar-refractivity contribution in [2.45, 2.75) is 280 Å². The second-order valence-corrected chi connectivity index (χ2v) is 33.1. The molecule has 0 radical (unpaired) electrons. The van der Waals surface area contributed by atoms with Crippen molar-refractivity contribution in [2.24, 2.45) is 41.4 Å². The lowest BCUT2D eigenvalue weighted by Crippen LogP contribution is -2.65. The van der Waals surface area contributed by atoms with Gasteiger partial charge < -0.3 is 64.8 Å². The van der Waals surface area contributed by atoms with Crippen molar-refractivity contribution in [1.29, 1.82) is 0 Å². The minimum Gasteiger partial charge on any atom is -0.378 e. The highest BCUT2D eigenvalue weighted by molar-refractivity contribution is 6.01. The second-order valence-electron chi connectivity index (χ2n) is 33.1. The standard InChI is InChI=1S/C77H120F8N12O13/c1-11-47(5)64-72(107)90(7)45-62(100)91(8)56-23-14-13-19-33-97(71(56)106)58(42-48-25-28-51(29-26-48)76(80,81)82)69(104)89(6)44-60(98)86-54(30-27-49-40-52(78)63(53(79)41-49)77(83,84)85)68(103)96-34-20-24-55(96)67(102)88-75(31-17-18-32-75)74(109)93(10)65(50-21-15-16-22-50)73(108)95(12-2)59(70(105)94-35-37-110-38-36-94)43-61(99)92(9)57(39-46(3)4)66(101)87-64/h46-59,63-65H,11-45H2,1-10H3,(H,86,98)(H,87,101)(H,88,102)/t47-,48?,49?,51?,52?,53?,54-,55-,56-,57-,58-,59-,63?,64-,65-/m0/s1. The van der Waals surface area contributed by atoms with Crippen LogP contribution in [-0.4, -0.2) is 288 Å². The zero-order valence-electron chi connectivity index (χ0n) is 65.9. The number of fused-ring (bicyclic) bond motifs is 3. The predicted molar refractivity (Wildman–Crippen MR) is 388 cm³/mol. The van der Waals surface area contributed by atoms with Crippen LogP contribution in [0.25, 0.3) is 0 Å². The number of amides is 12. The Morgan fingerprint density at radius 2 is 1.17 bits per heavy atom. The van der Waals surface area contributed by atoms with E-state index in [9.17, 15) is 40.7 Å². The van der Waals surface area contributed by atoms with Crippen LogP contribution in [0.15, 0.2) is 0 Å². The maximum absolute atomic E-state index is 16.0. The largest absolute Gasteiger partial charge is 0.397 e. The third-order valence-electron chi connectivity index (χ3n) is 25.1. The number of rotatable bonds is 12. The van der Waals surface area contributed by atoms with Crippen molar-refractivity contribution in [3.63, 3.8) is 0 Å². The molecule has 33 heteroatoms. The predicted octanol–water partition coefficient (Wildman–Crippen LogP) is 7.11. The molecular formula is C77H120F8N12O13. The normalized spacial score (nSPS) is 31.8. The summed E-state index contributed by atoms with van der Waals surface area (Å²) in [6, 6.07) is -11.0. The Morgan fingerprint density at radius 1 is 0.573 bits per heavy atom. The Bertz CT molecular complexity index is 3220. The number of hydrogen-bond donors (Lipinski definition) is 3. The first-order chi connectivity index (χ1) is 51.8. The van der Waals surface area contributed by atoms with Crippen LogP contribution in [0.2, 0.25) is 0 Å². The number of morpholine rings is 1. The molecule has 8 rings (SSSR count). The molecule has 4 saturated carbocycles. The molecule has 2 unspecified atom stereocenters. The Balaban J connectivity index is 1.20. The van der Waals surface area contributed by atoms with Gasteiger partial charge in [-0.1, -0.05) is 72.6 Å². The van der Waals surface area contributed by atoms with Gasteiger partial charge in [-0.05, 0) is 152 Å². The van der Waals surface area contributed by atoms with E-state index in [2.05, 4.69) is 16.0 Å². The first kappa shape index (κ1) is 88.6. The molecule has 622 valence electrons. The Hall–Kier alpha value is -6.96. The molecule has 3 N–H and O–H groups in total. The van der Waals surface area contributed by atoms with Gasteiger partial charge in [0, 0.05) is 68.0 Å². The molecule has 0 aromatic heterocycles. The summed E-state index contributed by atoms with van der Waals surface area (Å²) < 4.78 is 121. The molecule has 11 atom stereocenters. The van der Waals surface area contributed by atoms with E-state index in [-0.39, 0.29) is 129 Å². The highest BCUT2D eigenvalue weighted by Gasteiger charge is 2.56. The summed E-state index contributed by atoms with van der Waals surface area (Å²) in [6.45, 7) is 7.63. The number of likely N-dealkylation sites (N-methyl/N-ethyl adjacent to an activating group) is 6. The number of halogens is 8. The molecule has 2 bridgehead atoms. The molecule has 8 fully saturated rings. The van der Waals surface area contributed by atoms with Crippen molar-refractivity contribution in [3.8, 4) is 0 Å². The number of ether oxygens (including phenoxy) is 1. The van der Waals surface area contributed by atoms with Crippen molar-refractivity contribution in [1.82, 2.24) is 60.0 Å². The van der Waals surface area contributed by atoms with Gasteiger partial charge in [-0.25, -0.2) is 8.78 Å². The van der Waals surface area contributed by atoms with Crippen LogP contribution in [0.3, 0.4) is 0 Å². The van der Waals surface area contributed by atoms with Crippen LogP contribution in [0, 0.1) is 41.4 Å². The number of hydrogen-bond acceptors (Lipinski definition) is 13. The van der Waals surface area contributed by atoms with E-state index in [1.54, 1.807) is 20.8 Å². The lowest BCUT2D eigenvalue weighted by Gasteiger charge is -2.43. The topological polar surface area (TPSA) is 279 Å². The highest BCUT2D eigenvalue weighted by atomic mass is 19.4. The average molecular weight is 1570 g/mol. The van der Waals surface area contributed by atoms with Crippen LogP contribution in [0.1, 0.15) is 202 Å². The van der Waals surface area contributed by atoms with Crippen LogP contribution in [0.5, 0.6) is 0 Å². The number of carbonyl (C=O) groups is 12. The number of nitrogens with zero attached hydrogens (tertiary/aromatic N) is 9. The summed E-state index contributed by atoms with van der Waals surface area (Å²) >= 11 is 0. The van der Waals surface area contributed by atoms with Gasteiger partial charge in [0.2, 0.25) is 70.9 Å². The molecule has 25 nitrogen and oxygen atoms in total. The molecule has 12 amide bonds. The van der Waals surface area contributed by atoms with Gasteiger partial charge >= 0.3 is 12.4 Å². The van der Waals surface area contributed by atoms with Gasteiger partial charge in [0.25, 0.3) is 0 Å². The molecule has 1 spiro atoms. The molecule has 110 heavy (non-hydrogen) atoms. The van der Waals surface area contributed by atoms with E-state index in [0.29, 0.717) is 64.2 Å². The molecular weight excluding hydrogens is 1450 g/mol. The van der Waals surface area contributed by atoms with E-state index in [1.807, 2.05) is 13.8 Å². The first-order valence-electron chi connectivity index (χ1n) is 40.2. The molecule has 4 aliphatic carbocycles. The molecule has 8 aliphatic rings. The summed E-state index contributed by atoms with van der Waals surface area (Å²) in [5.41, 5.74) is -1.67. The zero-order valence-corrected chi connectivity index (χ0v) is 65.9. The highest BCUT2D eigenvalue weighted by Crippen LogP contribution is 2.46. The van der Waals surface area contributed by atoms with Gasteiger partial charge in [-0.15, -0.1) is 0 Å². The Morgan fingerprint density at radius 3 is 1.76 bits per heavy atom. The Kier molecular flexibility index (Phi) is 31.2. The molecule has 4 aliphatic heterocycles. The third kappa shape index (κ3) is 21.5. The maximum Gasteiger partial charge on any atom is 0.397 e. The fraction of sp³-hybridized carbons (Fsp3) is 0.844. The van der Waals surface area contributed by atoms with Gasteiger partial charge in [0.15, 0.2) is 0 Å². The van der Waals surface area contributed by atoms with E-state index in [1.165, 1.54) is 69.5 Å². The van der Waals surface area contributed by atoms with Crippen molar-refractivity contribution >= 4 is 70.9 Å². The minimum absolute atomic E-state index is 0.0175. The lowest BCUT2D eigenvalue weighted by atomic mass is 9.76. The lowest BCUT2D eigenvalue weighted by molar-refractivity contribution is -0.219. The number of carbonyl (C=O) groups excluding carboxylic acids is 12. The fourth-order valence-electron chi connectivity index (χ4n) is 18.4. The molecule has 4 saturated heterocycles. The minimum atomic E-state index is -5.20. The summed E-state index contributed by atoms with van der Waals surface area (Å²) in [5, 5.41) is 8.56. The van der Waals surface area contributed by atoms with Crippen LogP contribution in [-0.2, 0) is 62.3 Å². The van der Waals surface area contributed by atoms with Gasteiger partial charge in [0.05, 0.1) is 38.6 Å². The monoisotopic (exact) mass is 1570 g/mol. The van der Waals surface area contributed by atoms with Crippen LogP contribution in [0.4, 0.5) is 35.1 Å². The quantitative estimate of drug-likeness (QED) is 0.165. The zero-order chi connectivity index (χ0) is 81.0. The van der Waals surface area contributed by atoms with E-state index in [0.717, 1.165) is 9.80 Å². The molecule has 4 heterocycles. The average Bonchev–Trinajstić information content (AvgIpc) is 1.46. The maximum atomic E-state index is 16.0. The van der Waals surface area contributed by atoms with E-state index >= 15 is 51.9 Å². The Labute approximate surface area is 641 Å². The van der Waals surface area contributed by atoms with Crippen LogP contribution < -0.4 is 16.0 Å². The summed E-state index contributed by atoms with van der Waals surface area (Å²) in [5.74, 6) is -16.3. The van der Waals surface area contributed by atoms with Gasteiger partial charge in [-0.2, -0.15) is 26.3 Å². The summed E-state index contributed by atoms with van der Waals surface area (Å²) in [6.07, 6.45) is -13.1. The fourth-order valence-corrected chi connectivity index (χ4v) is 18.4. The van der Waals surface area contributed by atoms with Crippen LogP contribution >= 0.6 is 0 Å². The number of nitrogens with one attached hydrogen (secondary N) is 3. The van der Waals surface area contributed by atoms with Gasteiger partial charge in [-0.3, -0.25) is 57.5 Å². The molecule has 0 aromatic rings. The SMILES string of the molecule is CC[C@H](C)[C@@H]1NC(=O)[C@H](CC(C)C)N(C)C(=O)C[C@@H](C(=O)N2CCOCC2)N(CC)C(=O)[C@H](C2CCCC2)N(C)C(=O)C2(CCCC2)NC(=O)[C@@H]2CCCN2C(=O)[C@H](CCC2CC(F)C(C(F)(F)F)C(F)C2)NC(=O)CN(C)C(=O)[C@H](CC2CCC(C(F)(F)F)CC2)N2CCCCC[C@@H](C2=O)N(C)C(=O)CN(C)C1=O. The van der Waals surface area contributed by atoms with Crippen molar-refractivity contribution < 1.29 is 97.4 Å². The first-order valence-corrected chi connectivity index (χ1v) is 40.2. The smallest absolute Gasteiger partial charge is 0.378 e. The second kappa shape index (κ2) is 38.7. The van der Waals surface area contributed by atoms with E-state index in [4.69, 9.17) is 4.74 Å². The molecule has 0 aromatic carbocycles. The summed E-state index contributed by atoms with van der Waals surface area (Å²) in [7, 11) is 6.82. The van der Waals surface area contributed by atoms with Gasteiger partial charge in [0.1, 0.15) is 72.1 Å². The van der Waals surface area contributed by atoms with Crippen molar-refractivity contribution in [3.05, 3.63) is 0 Å². The van der Waals surface area contributed by atoms with Crippen molar-refractivity contribution in [2.75, 3.05) is 94.3 Å². The summed E-state index contributed by atoms with van der Waals surface area (Å²) in [4.78, 5) is 194. The third-order valence-corrected chi connectivity index (χ3v) is 25.1. The number of alkyl halides is 8.